The van der Waals surface area contributed by atoms with Crippen molar-refractivity contribution < 1.29 is 9.47 Å². The molecule has 0 aliphatic carbocycles. The van der Waals surface area contributed by atoms with Crippen LogP contribution in [-0.4, -0.2) is 18.8 Å². The van der Waals surface area contributed by atoms with E-state index in [-0.39, 0.29) is 0 Å². The quantitative estimate of drug-likeness (QED) is 0.719. The van der Waals surface area contributed by atoms with Gasteiger partial charge in [-0.1, -0.05) is 12.1 Å². The van der Waals surface area contributed by atoms with E-state index in [1.807, 2.05) is 18.2 Å². The second-order valence-corrected chi connectivity index (χ2v) is 4.72. The number of aromatic nitrogens is 1. The molecule has 0 N–H and O–H groups in total. The Hall–Kier alpha value is -2.42. The molecule has 1 heterocycles. The molecule has 0 aliphatic rings. The molecular formula is C17H17NO2. The number of hydrogen-bond acceptors (Lipinski definition) is 2. The van der Waals surface area contributed by atoms with Gasteiger partial charge in [0.25, 0.3) is 0 Å². The van der Waals surface area contributed by atoms with Crippen LogP contribution in [0.3, 0.4) is 0 Å². The summed E-state index contributed by atoms with van der Waals surface area (Å²) in [6.45, 7) is 0.826. The van der Waals surface area contributed by atoms with E-state index < -0.39 is 0 Å². The van der Waals surface area contributed by atoms with Gasteiger partial charge in [-0.25, -0.2) is 0 Å². The van der Waals surface area contributed by atoms with E-state index in [2.05, 4.69) is 41.1 Å². The zero-order valence-corrected chi connectivity index (χ0v) is 11.7. The fourth-order valence-electron chi connectivity index (χ4n) is 2.41. The number of methoxy groups -OCH3 is 2. The van der Waals surface area contributed by atoms with Crippen LogP contribution in [0.15, 0.2) is 54.7 Å². The van der Waals surface area contributed by atoms with Gasteiger partial charge in [0, 0.05) is 23.6 Å². The van der Waals surface area contributed by atoms with Crippen LogP contribution in [0.2, 0.25) is 0 Å². The summed E-state index contributed by atoms with van der Waals surface area (Å²) in [7, 11) is 3.38. The number of hydrogen-bond donors (Lipinski definition) is 0. The first kappa shape index (κ1) is 12.6. The monoisotopic (exact) mass is 267 g/mol. The summed E-state index contributed by atoms with van der Waals surface area (Å²) < 4.78 is 12.7. The minimum Gasteiger partial charge on any atom is -0.497 e. The van der Waals surface area contributed by atoms with Crippen molar-refractivity contribution in [2.24, 2.45) is 0 Å². The minimum atomic E-state index is 0.826. The maximum atomic E-state index is 5.27. The Morgan fingerprint density at radius 2 is 1.70 bits per heavy atom. The summed E-state index contributed by atoms with van der Waals surface area (Å²) in [5, 5.41) is 1.19. The van der Waals surface area contributed by atoms with E-state index in [9.17, 15) is 0 Å². The molecule has 3 aromatic rings. The second kappa shape index (κ2) is 5.29. The summed E-state index contributed by atoms with van der Waals surface area (Å²) in [6.07, 6.45) is 2.10. The van der Waals surface area contributed by atoms with Crippen LogP contribution in [0, 0.1) is 0 Å². The lowest BCUT2D eigenvalue weighted by atomic mass is 10.2. The Morgan fingerprint density at radius 3 is 2.50 bits per heavy atom. The van der Waals surface area contributed by atoms with Gasteiger partial charge in [-0.15, -0.1) is 0 Å². The van der Waals surface area contributed by atoms with Crippen molar-refractivity contribution in [2.75, 3.05) is 14.2 Å². The van der Waals surface area contributed by atoms with Gasteiger partial charge in [-0.3, -0.25) is 0 Å². The Kier molecular flexibility index (Phi) is 3.33. The first-order valence-corrected chi connectivity index (χ1v) is 6.56. The van der Waals surface area contributed by atoms with Crippen LogP contribution in [0.5, 0.6) is 11.5 Å². The number of fused-ring (bicyclic) bond motifs is 1. The number of ether oxygens (including phenoxy) is 2. The fraction of sp³-hybridized carbons (Fsp3) is 0.176. The normalized spacial score (nSPS) is 10.7. The minimum absolute atomic E-state index is 0.826. The van der Waals surface area contributed by atoms with Gasteiger partial charge < -0.3 is 14.0 Å². The largest absolute Gasteiger partial charge is 0.497 e. The predicted octanol–water partition coefficient (Wildman–Crippen LogP) is 3.71. The Bertz CT molecular complexity index is 731. The third-order valence-corrected chi connectivity index (χ3v) is 3.47. The van der Waals surface area contributed by atoms with Crippen molar-refractivity contribution in [3.8, 4) is 11.5 Å². The second-order valence-electron chi connectivity index (χ2n) is 4.72. The average Bonchev–Trinajstić information content (AvgIpc) is 2.89. The lowest BCUT2D eigenvalue weighted by Crippen LogP contribution is -1.98. The molecule has 3 nitrogen and oxygen atoms in total. The molecule has 0 unspecified atom stereocenters. The van der Waals surface area contributed by atoms with Gasteiger partial charge in [-0.2, -0.15) is 0 Å². The molecular weight excluding hydrogens is 250 g/mol. The van der Waals surface area contributed by atoms with Crippen LogP contribution < -0.4 is 9.47 Å². The van der Waals surface area contributed by atoms with E-state index in [1.54, 1.807) is 14.2 Å². The molecule has 0 spiro atoms. The first-order chi connectivity index (χ1) is 9.80. The molecule has 0 amide bonds. The highest BCUT2D eigenvalue weighted by atomic mass is 16.5. The smallest absolute Gasteiger partial charge is 0.119 e. The molecule has 20 heavy (non-hydrogen) atoms. The van der Waals surface area contributed by atoms with Gasteiger partial charge in [0.15, 0.2) is 0 Å². The fourth-order valence-corrected chi connectivity index (χ4v) is 2.41. The lowest BCUT2D eigenvalue weighted by molar-refractivity contribution is 0.414. The van der Waals surface area contributed by atoms with Gasteiger partial charge >= 0.3 is 0 Å². The number of nitrogens with zero attached hydrogens (tertiary/aromatic N) is 1. The molecule has 0 radical (unpaired) electrons. The van der Waals surface area contributed by atoms with Crippen molar-refractivity contribution in [2.45, 2.75) is 6.54 Å². The Balaban J connectivity index is 1.94. The van der Waals surface area contributed by atoms with Crippen LogP contribution in [0.4, 0.5) is 0 Å². The van der Waals surface area contributed by atoms with E-state index in [0.29, 0.717) is 0 Å². The Labute approximate surface area is 118 Å². The molecule has 1 aromatic heterocycles. The van der Waals surface area contributed by atoms with Crippen molar-refractivity contribution in [3.05, 3.63) is 60.3 Å². The molecule has 0 atom stereocenters. The highest BCUT2D eigenvalue weighted by Crippen LogP contribution is 2.23. The van der Waals surface area contributed by atoms with Crippen molar-refractivity contribution in [1.29, 1.82) is 0 Å². The van der Waals surface area contributed by atoms with Crippen LogP contribution in [-0.2, 0) is 6.54 Å². The summed E-state index contributed by atoms with van der Waals surface area (Å²) in [5.74, 6) is 1.78. The van der Waals surface area contributed by atoms with Crippen LogP contribution in [0.1, 0.15) is 5.56 Å². The van der Waals surface area contributed by atoms with Crippen LogP contribution in [0.25, 0.3) is 10.9 Å². The molecule has 0 bridgehead atoms. The summed E-state index contributed by atoms with van der Waals surface area (Å²) in [5.41, 5.74) is 2.42. The molecule has 0 saturated heterocycles. The van der Waals surface area contributed by atoms with Crippen molar-refractivity contribution in [3.63, 3.8) is 0 Å². The lowest BCUT2D eigenvalue weighted by Gasteiger charge is -2.08. The van der Waals surface area contributed by atoms with Crippen molar-refractivity contribution >= 4 is 10.9 Å². The zero-order valence-electron chi connectivity index (χ0n) is 11.7. The van der Waals surface area contributed by atoms with Crippen molar-refractivity contribution in [1.82, 2.24) is 4.57 Å². The SMILES string of the molecule is COc1cccc(Cn2ccc3cc(OC)ccc32)c1. The summed E-state index contributed by atoms with van der Waals surface area (Å²) >= 11 is 0. The van der Waals surface area contributed by atoms with Gasteiger partial charge in [-0.05, 0) is 42.0 Å². The topological polar surface area (TPSA) is 23.4 Å². The number of benzene rings is 2. The molecule has 2 aromatic carbocycles. The summed E-state index contributed by atoms with van der Waals surface area (Å²) in [4.78, 5) is 0. The number of rotatable bonds is 4. The average molecular weight is 267 g/mol. The molecule has 3 rings (SSSR count). The van der Waals surface area contributed by atoms with Gasteiger partial charge in [0.05, 0.1) is 14.2 Å². The van der Waals surface area contributed by atoms with Gasteiger partial charge in [0.2, 0.25) is 0 Å². The van der Waals surface area contributed by atoms with E-state index in [4.69, 9.17) is 9.47 Å². The third kappa shape index (κ3) is 2.35. The molecule has 102 valence electrons. The van der Waals surface area contributed by atoms with E-state index >= 15 is 0 Å². The highest BCUT2D eigenvalue weighted by molar-refractivity contribution is 5.81. The molecule has 0 saturated carbocycles. The van der Waals surface area contributed by atoms with E-state index in [0.717, 1.165) is 18.0 Å². The van der Waals surface area contributed by atoms with Gasteiger partial charge in [0.1, 0.15) is 11.5 Å². The molecule has 0 fully saturated rings. The maximum absolute atomic E-state index is 5.27. The molecule has 0 aliphatic heterocycles. The maximum Gasteiger partial charge on any atom is 0.119 e. The Morgan fingerprint density at radius 1 is 0.900 bits per heavy atom. The standard InChI is InChI=1S/C17H17NO2/c1-19-15-5-3-4-13(10-15)12-18-9-8-14-11-16(20-2)6-7-17(14)18/h3-11H,12H2,1-2H3. The third-order valence-electron chi connectivity index (χ3n) is 3.47. The van der Waals surface area contributed by atoms with E-state index in [1.165, 1.54) is 16.5 Å². The molecule has 3 heteroatoms. The van der Waals surface area contributed by atoms with Crippen LogP contribution >= 0.6 is 0 Å². The summed E-state index contributed by atoms with van der Waals surface area (Å²) in [6, 6.07) is 16.4. The highest BCUT2D eigenvalue weighted by Gasteiger charge is 2.04. The first-order valence-electron chi connectivity index (χ1n) is 6.56. The zero-order chi connectivity index (χ0) is 13.9. The predicted molar refractivity (Wildman–Crippen MR) is 80.6 cm³/mol.